The summed E-state index contributed by atoms with van der Waals surface area (Å²) in [6.07, 6.45) is 0. The fourth-order valence-corrected chi connectivity index (χ4v) is 0.739. The van der Waals surface area contributed by atoms with Crippen molar-refractivity contribution in [2.45, 2.75) is 19.4 Å². The zero-order valence-corrected chi connectivity index (χ0v) is 8.30. The number of nitrogens with zero attached hydrogens (tertiary/aromatic N) is 2. The zero-order chi connectivity index (χ0) is 9.23. The highest BCUT2D eigenvalue weighted by Gasteiger charge is 2.30. The van der Waals surface area contributed by atoms with Crippen LogP contribution < -0.4 is 0 Å². The molecule has 0 saturated heterocycles. The van der Waals surface area contributed by atoms with Crippen molar-refractivity contribution in [1.29, 1.82) is 0 Å². The van der Waals surface area contributed by atoms with Gasteiger partial charge < -0.3 is 4.90 Å². The van der Waals surface area contributed by atoms with Gasteiger partial charge in [0.1, 0.15) is 0 Å². The molecule has 0 N–H and O–H groups in total. The Balaban J connectivity index is 4.43. The van der Waals surface area contributed by atoms with E-state index in [1.807, 2.05) is 32.8 Å². The molecular formula is C8H18N2O. The zero-order valence-electron chi connectivity index (χ0n) is 8.30. The van der Waals surface area contributed by atoms with Crippen LogP contribution in [0.2, 0.25) is 0 Å². The molecule has 0 aliphatic carbocycles. The van der Waals surface area contributed by atoms with E-state index in [0.717, 1.165) is 0 Å². The maximum atomic E-state index is 11.5. The van der Waals surface area contributed by atoms with Crippen molar-refractivity contribution in [1.82, 2.24) is 9.80 Å². The van der Waals surface area contributed by atoms with Gasteiger partial charge in [-0.05, 0) is 27.9 Å². The molecule has 1 amide bonds. The van der Waals surface area contributed by atoms with E-state index in [0.29, 0.717) is 0 Å². The van der Waals surface area contributed by atoms with Gasteiger partial charge in [-0.1, -0.05) is 0 Å². The summed E-state index contributed by atoms with van der Waals surface area (Å²) >= 11 is 0. The highest BCUT2D eigenvalue weighted by atomic mass is 16.2. The molecule has 0 fully saturated rings. The van der Waals surface area contributed by atoms with E-state index in [2.05, 4.69) is 0 Å². The molecule has 0 aliphatic rings. The van der Waals surface area contributed by atoms with Gasteiger partial charge in [0, 0.05) is 14.1 Å². The molecule has 0 aliphatic heterocycles. The number of carbonyl (C=O) groups is 1. The van der Waals surface area contributed by atoms with Gasteiger partial charge in [-0.25, -0.2) is 0 Å². The Morgan fingerprint density at radius 3 is 1.55 bits per heavy atom. The summed E-state index contributed by atoms with van der Waals surface area (Å²) in [5.74, 6) is 0.127. The predicted octanol–water partition coefficient (Wildman–Crippen LogP) is 0.415. The lowest BCUT2D eigenvalue weighted by Crippen LogP contribution is -2.51. The Labute approximate surface area is 69.0 Å². The molecule has 66 valence electrons. The summed E-state index contributed by atoms with van der Waals surface area (Å²) in [5.41, 5.74) is -0.399. The normalized spacial score (nSPS) is 11.9. The van der Waals surface area contributed by atoms with E-state index >= 15 is 0 Å². The van der Waals surface area contributed by atoms with Crippen LogP contribution in [0.1, 0.15) is 13.8 Å². The monoisotopic (exact) mass is 158 g/mol. The second-order valence-corrected chi connectivity index (χ2v) is 3.65. The van der Waals surface area contributed by atoms with E-state index < -0.39 is 5.54 Å². The van der Waals surface area contributed by atoms with Gasteiger partial charge in [0.2, 0.25) is 5.91 Å². The number of likely N-dealkylation sites (N-methyl/N-ethyl adjacent to an activating group) is 2. The lowest BCUT2D eigenvalue weighted by Gasteiger charge is -2.33. The third-order valence-electron chi connectivity index (χ3n) is 2.05. The van der Waals surface area contributed by atoms with Crippen LogP contribution in [0.4, 0.5) is 0 Å². The molecule has 0 spiro atoms. The van der Waals surface area contributed by atoms with Gasteiger partial charge >= 0.3 is 0 Å². The molecule has 11 heavy (non-hydrogen) atoms. The minimum Gasteiger partial charge on any atom is -0.347 e. The molecule has 0 unspecified atom stereocenters. The van der Waals surface area contributed by atoms with Crippen molar-refractivity contribution in [3.63, 3.8) is 0 Å². The van der Waals surface area contributed by atoms with Crippen LogP contribution in [0.3, 0.4) is 0 Å². The molecule has 0 rings (SSSR count). The predicted molar refractivity (Wildman–Crippen MR) is 46.5 cm³/mol. The first kappa shape index (κ1) is 10.4. The van der Waals surface area contributed by atoms with Crippen molar-refractivity contribution in [2.75, 3.05) is 28.2 Å². The third kappa shape index (κ3) is 2.19. The first-order chi connectivity index (χ1) is 4.80. The highest BCUT2D eigenvalue weighted by molar-refractivity contribution is 5.84. The lowest BCUT2D eigenvalue weighted by atomic mass is 10.0. The average molecular weight is 158 g/mol. The molecule has 0 aromatic rings. The summed E-state index contributed by atoms with van der Waals surface area (Å²) < 4.78 is 0. The van der Waals surface area contributed by atoms with E-state index in [9.17, 15) is 4.79 Å². The van der Waals surface area contributed by atoms with Crippen LogP contribution >= 0.6 is 0 Å². The van der Waals surface area contributed by atoms with Gasteiger partial charge in [-0.3, -0.25) is 9.69 Å². The average Bonchev–Trinajstić information content (AvgIpc) is 1.85. The van der Waals surface area contributed by atoms with Gasteiger partial charge in [0.25, 0.3) is 0 Å². The van der Waals surface area contributed by atoms with Crippen LogP contribution in [0.25, 0.3) is 0 Å². The van der Waals surface area contributed by atoms with Gasteiger partial charge in [0.05, 0.1) is 5.54 Å². The number of rotatable bonds is 2. The van der Waals surface area contributed by atoms with E-state index in [1.54, 1.807) is 19.0 Å². The van der Waals surface area contributed by atoms with Crippen LogP contribution in [0.15, 0.2) is 0 Å². The largest absolute Gasteiger partial charge is 0.347 e. The summed E-state index contributed by atoms with van der Waals surface area (Å²) in [7, 11) is 7.35. The molecule has 0 bridgehead atoms. The van der Waals surface area contributed by atoms with E-state index in [-0.39, 0.29) is 5.91 Å². The maximum absolute atomic E-state index is 11.5. The molecule has 0 heterocycles. The molecule has 0 radical (unpaired) electrons. The Kier molecular flexibility index (Phi) is 3.05. The molecule has 0 aromatic carbocycles. The SMILES string of the molecule is CN(C)C(=O)C(C)(C)N(C)C. The standard InChI is InChI=1S/C8H18N2O/c1-8(2,10(5)6)7(11)9(3)4/h1-6H3. The molecule has 0 saturated carbocycles. The summed E-state index contributed by atoms with van der Waals surface area (Å²) in [5, 5.41) is 0. The Morgan fingerprint density at radius 1 is 1.09 bits per heavy atom. The van der Waals surface area contributed by atoms with Crippen LogP contribution in [-0.2, 0) is 4.79 Å². The molecule has 0 atom stereocenters. The Hall–Kier alpha value is -0.570. The van der Waals surface area contributed by atoms with Gasteiger partial charge in [-0.15, -0.1) is 0 Å². The Bertz CT molecular complexity index is 150. The molecule has 0 aromatic heterocycles. The summed E-state index contributed by atoms with van der Waals surface area (Å²) in [6, 6.07) is 0. The van der Waals surface area contributed by atoms with E-state index in [1.165, 1.54) is 0 Å². The molecule has 3 nitrogen and oxygen atoms in total. The second kappa shape index (κ2) is 3.22. The van der Waals surface area contributed by atoms with Gasteiger partial charge in [-0.2, -0.15) is 0 Å². The fourth-order valence-electron chi connectivity index (χ4n) is 0.739. The maximum Gasteiger partial charge on any atom is 0.241 e. The van der Waals surface area contributed by atoms with Crippen molar-refractivity contribution in [2.24, 2.45) is 0 Å². The minimum atomic E-state index is -0.399. The quantitative estimate of drug-likeness (QED) is 0.581. The van der Waals surface area contributed by atoms with Gasteiger partial charge in [0.15, 0.2) is 0 Å². The van der Waals surface area contributed by atoms with Crippen LogP contribution in [0, 0.1) is 0 Å². The lowest BCUT2D eigenvalue weighted by molar-refractivity contribution is -0.138. The second-order valence-electron chi connectivity index (χ2n) is 3.65. The highest BCUT2D eigenvalue weighted by Crippen LogP contribution is 2.11. The number of hydrogen-bond donors (Lipinski definition) is 0. The molecular weight excluding hydrogens is 140 g/mol. The number of hydrogen-bond acceptors (Lipinski definition) is 2. The smallest absolute Gasteiger partial charge is 0.241 e. The Morgan fingerprint density at radius 2 is 1.45 bits per heavy atom. The van der Waals surface area contributed by atoms with Crippen molar-refractivity contribution >= 4 is 5.91 Å². The fraction of sp³-hybridized carbons (Fsp3) is 0.875. The van der Waals surface area contributed by atoms with E-state index in [4.69, 9.17) is 0 Å². The first-order valence-electron chi connectivity index (χ1n) is 3.69. The summed E-state index contributed by atoms with van der Waals surface area (Å²) in [4.78, 5) is 15.0. The number of amides is 1. The van der Waals surface area contributed by atoms with Crippen LogP contribution in [0.5, 0.6) is 0 Å². The van der Waals surface area contributed by atoms with Crippen molar-refractivity contribution in [3.8, 4) is 0 Å². The molecule has 3 heteroatoms. The minimum absolute atomic E-state index is 0.127. The number of carbonyl (C=O) groups excluding carboxylic acids is 1. The van der Waals surface area contributed by atoms with Crippen molar-refractivity contribution in [3.05, 3.63) is 0 Å². The van der Waals surface area contributed by atoms with Crippen molar-refractivity contribution < 1.29 is 4.79 Å². The van der Waals surface area contributed by atoms with Crippen LogP contribution in [-0.4, -0.2) is 49.4 Å². The third-order valence-corrected chi connectivity index (χ3v) is 2.05. The summed E-state index contributed by atoms with van der Waals surface area (Å²) in [6.45, 7) is 3.82. The first-order valence-corrected chi connectivity index (χ1v) is 3.69. The topological polar surface area (TPSA) is 23.6 Å².